The molecule has 2 spiro atoms. The Bertz CT molecular complexity index is 1490. The van der Waals surface area contributed by atoms with Crippen molar-refractivity contribution in [2.45, 2.75) is 145 Å². The lowest BCUT2D eigenvalue weighted by Crippen LogP contribution is -2.93. The fourth-order valence-electron chi connectivity index (χ4n) is 12.8. The van der Waals surface area contributed by atoms with Crippen molar-refractivity contribution in [3.8, 4) is 0 Å². The normalized spacial score (nSPS) is 50.4. The van der Waals surface area contributed by atoms with E-state index in [9.17, 15) is 30.0 Å². The predicted octanol–water partition coefficient (Wildman–Crippen LogP) is 4.28. The standard InChI is InChI=1S/C35H52O12Si/c1-9-48(10-2,11-3)44-25(20-12-15-43-18-20)28(4)13-14-32-30(6)21(17-24(38)42-8)29(5)19-33(30)34(41,26(29)39)27(40)35(32,22(28)16-23(36)37)47-31(7,45-32)46-33/h12,15,18,21-22,25-27,39-41H,9-11,13-14,16-17,19H2,1-8H3,(H,36,37)/t21-,22?,25-,26?,27+,28+,29+,30-,31?,32-,33-,34-,35+/m0/s1. The lowest BCUT2D eigenvalue weighted by Gasteiger charge is -2.76. The molecule has 13 heteroatoms. The average molecular weight is 693 g/mol. The van der Waals surface area contributed by atoms with E-state index in [-0.39, 0.29) is 19.3 Å². The van der Waals surface area contributed by atoms with Crippen molar-refractivity contribution in [1.82, 2.24) is 0 Å². The average Bonchev–Trinajstić information content (AvgIpc) is 3.74. The van der Waals surface area contributed by atoms with Gasteiger partial charge >= 0.3 is 11.9 Å². The number of hydrogen-bond donors (Lipinski definition) is 4. The van der Waals surface area contributed by atoms with E-state index >= 15 is 0 Å². The van der Waals surface area contributed by atoms with Gasteiger partial charge in [0.05, 0.1) is 38.3 Å². The van der Waals surface area contributed by atoms with Gasteiger partial charge in [-0.15, -0.1) is 0 Å². The first-order chi connectivity index (χ1) is 22.4. The first-order valence-electron chi connectivity index (χ1n) is 17.5. The fourth-order valence-corrected chi connectivity index (χ4v) is 15.7. The Hall–Kier alpha value is -1.84. The molecule has 4 aliphatic carbocycles. The second-order valence-corrected chi connectivity index (χ2v) is 21.1. The second kappa shape index (κ2) is 10.1. The molecule has 6 fully saturated rings. The lowest BCUT2D eigenvalue weighted by molar-refractivity contribution is -0.478. The molecule has 2 aliphatic heterocycles. The molecular weight excluding hydrogens is 640 g/mol. The molecule has 0 amide bonds. The molecule has 0 aromatic carbocycles. The number of carbonyl (C=O) groups excluding carboxylic acids is 1. The molecule has 4 bridgehead atoms. The number of aliphatic hydroxyl groups excluding tert-OH is 2. The van der Waals surface area contributed by atoms with Gasteiger partial charge in [-0.25, -0.2) is 0 Å². The van der Waals surface area contributed by atoms with E-state index in [1.807, 2.05) is 26.8 Å². The predicted molar refractivity (Wildman–Crippen MR) is 171 cm³/mol. The van der Waals surface area contributed by atoms with E-state index in [1.165, 1.54) is 7.11 Å². The van der Waals surface area contributed by atoms with Gasteiger partial charge in [0.2, 0.25) is 0 Å². The SMILES string of the molecule is CC[Si](CC)(CC)O[C@@H](c1ccoc1)[C@]1(C)CC[C@@]23OC4(C)O[C@]56C[C@@](C)(C(O)[C@]5(O)[C@@H](O)[C@]2(O4)C1CC(=O)O)[C@H](CC(=O)OC)[C@@]36C. The van der Waals surface area contributed by atoms with Crippen molar-refractivity contribution in [3.05, 3.63) is 24.2 Å². The minimum atomic E-state index is -2.36. The zero-order valence-electron chi connectivity index (χ0n) is 29.3. The molecule has 13 atom stereocenters. The number of esters is 1. The molecule has 1 aromatic heterocycles. The maximum Gasteiger partial charge on any atom is 0.305 e. The summed E-state index contributed by atoms with van der Waals surface area (Å²) in [6, 6.07) is 4.37. The zero-order chi connectivity index (χ0) is 35.1. The van der Waals surface area contributed by atoms with Gasteiger partial charge in [-0.05, 0) is 49.4 Å². The Labute approximate surface area is 282 Å². The molecular formula is C35H52O12Si. The number of methoxy groups -OCH3 is 1. The summed E-state index contributed by atoms with van der Waals surface area (Å²) in [5.41, 5.74) is -9.77. The van der Waals surface area contributed by atoms with Crippen molar-refractivity contribution in [3.63, 3.8) is 0 Å². The minimum absolute atomic E-state index is 0.102. The molecule has 48 heavy (non-hydrogen) atoms. The van der Waals surface area contributed by atoms with Crippen LogP contribution in [0.25, 0.3) is 0 Å². The van der Waals surface area contributed by atoms with Crippen LogP contribution in [0.4, 0.5) is 0 Å². The summed E-state index contributed by atoms with van der Waals surface area (Å²) in [7, 11) is -1.05. The minimum Gasteiger partial charge on any atom is -0.481 e. The third-order valence-corrected chi connectivity index (χ3v) is 19.7. The molecule has 3 unspecified atom stereocenters. The van der Waals surface area contributed by atoms with Crippen LogP contribution in [-0.2, 0) is 33.0 Å². The fraction of sp³-hybridized carbons (Fsp3) is 0.829. The van der Waals surface area contributed by atoms with Crippen LogP contribution >= 0.6 is 0 Å². The third-order valence-electron chi connectivity index (χ3n) is 15.1. The molecule has 12 nitrogen and oxygen atoms in total. The van der Waals surface area contributed by atoms with Gasteiger partial charge in [0.15, 0.2) is 8.32 Å². The smallest absolute Gasteiger partial charge is 0.305 e. The van der Waals surface area contributed by atoms with E-state index in [1.54, 1.807) is 19.5 Å². The number of hydrogen-bond acceptors (Lipinski definition) is 11. The molecule has 268 valence electrons. The molecule has 1 aromatic rings. The molecule has 2 saturated heterocycles. The second-order valence-electron chi connectivity index (χ2n) is 16.4. The van der Waals surface area contributed by atoms with Crippen LogP contribution in [-0.4, -0.2) is 88.4 Å². The monoisotopic (exact) mass is 692 g/mol. The topological polar surface area (TPSA) is 174 Å². The third kappa shape index (κ3) is 3.46. The summed E-state index contributed by atoms with van der Waals surface area (Å²) < 4.78 is 38.8. The highest BCUT2D eigenvalue weighted by Gasteiger charge is 3.02. The van der Waals surface area contributed by atoms with Crippen LogP contribution in [0.1, 0.15) is 92.2 Å². The highest BCUT2D eigenvalue weighted by atomic mass is 28.4. The van der Waals surface area contributed by atoms with E-state index in [2.05, 4.69) is 20.8 Å². The Morgan fingerprint density at radius 3 is 2.17 bits per heavy atom. The van der Waals surface area contributed by atoms with Crippen molar-refractivity contribution in [2.75, 3.05) is 7.11 Å². The number of furan rings is 1. The molecule has 4 saturated carbocycles. The molecule has 4 N–H and O–H groups in total. The van der Waals surface area contributed by atoms with Gasteiger partial charge < -0.3 is 48.2 Å². The van der Waals surface area contributed by atoms with E-state index in [4.69, 9.17) is 27.8 Å². The van der Waals surface area contributed by atoms with Gasteiger partial charge in [-0.3, -0.25) is 9.59 Å². The van der Waals surface area contributed by atoms with Gasteiger partial charge in [0.25, 0.3) is 5.97 Å². The number of aliphatic hydroxyl groups is 3. The van der Waals surface area contributed by atoms with Crippen LogP contribution < -0.4 is 0 Å². The van der Waals surface area contributed by atoms with Crippen molar-refractivity contribution < 1.29 is 57.8 Å². The zero-order valence-corrected chi connectivity index (χ0v) is 30.3. The van der Waals surface area contributed by atoms with Crippen LogP contribution in [0.5, 0.6) is 0 Å². The Kier molecular flexibility index (Phi) is 7.31. The number of carbonyl (C=O) groups is 2. The molecule has 6 aliphatic rings. The number of ether oxygens (including phenoxy) is 4. The Morgan fingerprint density at radius 2 is 1.60 bits per heavy atom. The van der Waals surface area contributed by atoms with Crippen LogP contribution in [0.2, 0.25) is 18.1 Å². The quantitative estimate of drug-likeness (QED) is 0.192. The van der Waals surface area contributed by atoms with Gasteiger partial charge in [-0.2, -0.15) is 0 Å². The van der Waals surface area contributed by atoms with E-state index in [0.717, 1.165) is 23.7 Å². The number of carboxylic acids is 1. The van der Waals surface area contributed by atoms with Gasteiger partial charge in [-0.1, -0.05) is 41.5 Å². The first-order valence-corrected chi connectivity index (χ1v) is 20.1. The maximum absolute atomic E-state index is 13.1. The Balaban J connectivity index is 1.51. The van der Waals surface area contributed by atoms with Crippen LogP contribution in [0.15, 0.2) is 23.0 Å². The van der Waals surface area contributed by atoms with Crippen molar-refractivity contribution >= 4 is 20.3 Å². The van der Waals surface area contributed by atoms with Gasteiger partial charge in [0, 0.05) is 41.1 Å². The highest BCUT2D eigenvalue weighted by molar-refractivity contribution is 6.73. The summed E-state index contributed by atoms with van der Waals surface area (Å²) >= 11 is 0. The first kappa shape index (κ1) is 34.6. The van der Waals surface area contributed by atoms with Crippen LogP contribution in [0.3, 0.4) is 0 Å². The largest absolute Gasteiger partial charge is 0.481 e. The Morgan fingerprint density at radius 1 is 0.958 bits per heavy atom. The summed E-state index contributed by atoms with van der Waals surface area (Å²) in [4.78, 5) is 26.2. The van der Waals surface area contributed by atoms with E-state index in [0.29, 0.717) is 6.42 Å². The molecule has 7 rings (SSSR count). The highest BCUT2D eigenvalue weighted by Crippen LogP contribution is 2.89. The van der Waals surface area contributed by atoms with E-state index < -0.39 is 101 Å². The summed E-state index contributed by atoms with van der Waals surface area (Å²) in [6.07, 6.45) is -0.547. The van der Waals surface area contributed by atoms with Gasteiger partial charge in [0.1, 0.15) is 28.5 Å². The lowest BCUT2D eigenvalue weighted by atomic mass is 9.33. The number of rotatable bonds is 11. The van der Waals surface area contributed by atoms with Crippen LogP contribution in [0, 0.1) is 28.1 Å². The van der Waals surface area contributed by atoms with Crippen molar-refractivity contribution in [1.29, 1.82) is 0 Å². The van der Waals surface area contributed by atoms with Crippen molar-refractivity contribution in [2.24, 2.45) is 28.1 Å². The number of aliphatic carboxylic acids is 1. The maximum atomic E-state index is 13.1. The summed E-state index contributed by atoms with van der Waals surface area (Å²) in [5, 5.41) is 48.8. The summed E-state index contributed by atoms with van der Waals surface area (Å²) in [6.45, 7) is 13.7. The summed E-state index contributed by atoms with van der Waals surface area (Å²) in [5.74, 6) is -5.07. The number of fused-ring (bicyclic) bond motifs is 2. The molecule has 0 radical (unpaired) electrons. The molecule has 3 heterocycles. The number of carboxylic acid groups (broad SMARTS) is 1.